The number of carbonyl (C=O) groups is 1. The van der Waals surface area contributed by atoms with Crippen molar-refractivity contribution >= 4 is 5.91 Å². The Morgan fingerprint density at radius 1 is 0.957 bits per heavy atom. The van der Waals surface area contributed by atoms with E-state index in [1.807, 2.05) is 0 Å². The Morgan fingerprint density at radius 3 is 1.91 bits per heavy atom. The highest BCUT2D eigenvalue weighted by Crippen LogP contribution is 2.37. The average molecular weight is 335 g/mol. The van der Waals surface area contributed by atoms with E-state index in [1.54, 1.807) is 0 Å². The Balaban J connectivity index is 2.67. The number of hydrogen-bond acceptors (Lipinski definition) is 3. The minimum Gasteiger partial charge on any atom is -0.364 e. The molecule has 1 amide bonds. The summed E-state index contributed by atoms with van der Waals surface area (Å²) in [5.74, 6) is -1.46. The summed E-state index contributed by atoms with van der Waals surface area (Å²) in [5.41, 5.74) is 1.10. The summed E-state index contributed by atoms with van der Waals surface area (Å²) in [5, 5.41) is 0. The number of carbonyl (C=O) groups excluding carboxylic acids is 1. The maximum absolute atomic E-state index is 12.8. The minimum atomic E-state index is -4.99. The van der Waals surface area contributed by atoms with Crippen LogP contribution in [0, 0.1) is 0 Å². The van der Waals surface area contributed by atoms with Crippen LogP contribution in [0.15, 0.2) is 30.5 Å². The Kier molecular flexibility index (Phi) is 4.01. The van der Waals surface area contributed by atoms with Gasteiger partial charge in [0.1, 0.15) is 5.69 Å². The number of aromatic nitrogens is 2. The average Bonchev–Trinajstić information content (AvgIpc) is 2.45. The van der Waals surface area contributed by atoms with E-state index in [0.29, 0.717) is 12.1 Å². The van der Waals surface area contributed by atoms with Crippen LogP contribution in [0.5, 0.6) is 0 Å². The van der Waals surface area contributed by atoms with Gasteiger partial charge in [0.2, 0.25) is 0 Å². The van der Waals surface area contributed by atoms with Crippen molar-refractivity contribution in [3.63, 3.8) is 0 Å². The predicted octanol–water partition coefficient (Wildman–Crippen LogP) is 3.28. The van der Waals surface area contributed by atoms with Crippen molar-refractivity contribution in [2.24, 2.45) is 5.73 Å². The number of nitrogens with zero attached hydrogens (tertiary/aromatic N) is 2. The first-order valence-electron chi connectivity index (χ1n) is 5.91. The van der Waals surface area contributed by atoms with Crippen LogP contribution >= 0.6 is 0 Å². The maximum atomic E-state index is 12.8. The van der Waals surface area contributed by atoms with E-state index < -0.39 is 40.8 Å². The Bertz CT molecular complexity index is 722. The Morgan fingerprint density at radius 2 is 1.48 bits per heavy atom. The van der Waals surface area contributed by atoms with Crippen molar-refractivity contribution in [1.29, 1.82) is 0 Å². The number of nitrogens with two attached hydrogens (primary N) is 1. The number of benzene rings is 1. The molecular formula is C13H7F6N3O. The first-order valence-corrected chi connectivity index (χ1v) is 5.91. The lowest BCUT2D eigenvalue weighted by molar-refractivity contribution is -0.143. The molecule has 10 heteroatoms. The highest BCUT2D eigenvalue weighted by atomic mass is 19.4. The van der Waals surface area contributed by atoms with Crippen LogP contribution in [0.2, 0.25) is 0 Å². The van der Waals surface area contributed by atoms with Crippen LogP contribution in [0.3, 0.4) is 0 Å². The number of halogens is 6. The molecule has 23 heavy (non-hydrogen) atoms. The van der Waals surface area contributed by atoms with Gasteiger partial charge in [0.05, 0.1) is 11.1 Å². The number of primary amides is 1. The molecule has 0 aliphatic rings. The molecule has 0 aliphatic heterocycles. The summed E-state index contributed by atoms with van der Waals surface area (Å²) >= 11 is 0. The quantitative estimate of drug-likeness (QED) is 0.857. The highest BCUT2D eigenvalue weighted by Gasteiger charge is 2.37. The lowest BCUT2D eigenvalue weighted by Crippen LogP contribution is -2.14. The molecule has 2 aromatic rings. The second kappa shape index (κ2) is 5.52. The van der Waals surface area contributed by atoms with Crippen molar-refractivity contribution in [2.45, 2.75) is 12.4 Å². The number of amides is 1. The van der Waals surface area contributed by atoms with Gasteiger partial charge in [-0.1, -0.05) is 0 Å². The van der Waals surface area contributed by atoms with E-state index in [9.17, 15) is 31.1 Å². The van der Waals surface area contributed by atoms with E-state index >= 15 is 0 Å². The lowest BCUT2D eigenvalue weighted by Gasteiger charge is -2.13. The van der Waals surface area contributed by atoms with Gasteiger partial charge in [-0.05, 0) is 24.3 Å². The molecule has 0 aliphatic carbocycles. The molecule has 2 N–H and O–H groups in total. The molecule has 0 radical (unpaired) electrons. The third-order valence-corrected chi connectivity index (χ3v) is 2.75. The zero-order valence-corrected chi connectivity index (χ0v) is 11.0. The summed E-state index contributed by atoms with van der Waals surface area (Å²) in [6.45, 7) is 0. The fourth-order valence-electron chi connectivity index (χ4n) is 1.72. The molecule has 122 valence electrons. The van der Waals surface area contributed by atoms with Gasteiger partial charge in [-0.15, -0.1) is 0 Å². The normalized spacial score (nSPS) is 12.3. The van der Waals surface area contributed by atoms with Gasteiger partial charge in [-0.2, -0.15) is 26.3 Å². The highest BCUT2D eigenvalue weighted by molar-refractivity contribution is 5.91. The molecule has 1 aromatic heterocycles. The van der Waals surface area contributed by atoms with Crippen molar-refractivity contribution in [3.05, 3.63) is 47.3 Å². The first-order chi connectivity index (χ1) is 10.5. The molecule has 0 spiro atoms. The van der Waals surface area contributed by atoms with Crippen molar-refractivity contribution in [1.82, 2.24) is 9.97 Å². The molecule has 0 unspecified atom stereocenters. The molecule has 0 bridgehead atoms. The van der Waals surface area contributed by atoms with E-state index in [2.05, 4.69) is 9.97 Å². The lowest BCUT2D eigenvalue weighted by atomic mass is 10.0. The van der Waals surface area contributed by atoms with Gasteiger partial charge in [0, 0.05) is 11.8 Å². The largest absolute Gasteiger partial charge is 0.416 e. The third kappa shape index (κ3) is 3.76. The standard InChI is InChI=1S/C13H7F6N3O/c14-12(15,16)7-3-6(4-8(5-7)13(17,18)19)11-21-2-1-9(22-11)10(20)23/h1-5H,(H2,20,23). The zero-order chi connectivity index (χ0) is 17.4. The molecule has 0 fully saturated rings. The van der Waals surface area contributed by atoms with Crippen LogP contribution in [-0.2, 0) is 12.4 Å². The summed E-state index contributed by atoms with van der Waals surface area (Å²) in [7, 11) is 0. The van der Waals surface area contributed by atoms with E-state index in [0.717, 1.165) is 12.3 Å². The van der Waals surface area contributed by atoms with Crippen LogP contribution in [0.1, 0.15) is 21.6 Å². The Labute approximate surface area is 125 Å². The van der Waals surface area contributed by atoms with Gasteiger partial charge < -0.3 is 5.73 Å². The summed E-state index contributed by atoms with van der Waals surface area (Å²) in [6, 6.07) is 2.01. The Hall–Kier alpha value is -2.65. The molecule has 2 rings (SSSR count). The van der Waals surface area contributed by atoms with Gasteiger partial charge in [-0.3, -0.25) is 4.79 Å². The molecule has 0 saturated heterocycles. The summed E-state index contributed by atoms with van der Waals surface area (Å²) in [4.78, 5) is 18.2. The monoisotopic (exact) mass is 335 g/mol. The second-order valence-electron chi connectivity index (χ2n) is 4.42. The van der Waals surface area contributed by atoms with Crippen molar-refractivity contribution in [3.8, 4) is 11.4 Å². The molecular weight excluding hydrogens is 328 g/mol. The maximum Gasteiger partial charge on any atom is 0.416 e. The fraction of sp³-hybridized carbons (Fsp3) is 0.154. The topological polar surface area (TPSA) is 68.9 Å². The molecule has 0 saturated carbocycles. The minimum absolute atomic E-state index is 0.0125. The zero-order valence-electron chi connectivity index (χ0n) is 11.0. The van der Waals surface area contributed by atoms with Gasteiger partial charge >= 0.3 is 12.4 Å². The van der Waals surface area contributed by atoms with Crippen molar-refractivity contribution < 1.29 is 31.1 Å². The second-order valence-corrected chi connectivity index (χ2v) is 4.42. The summed E-state index contributed by atoms with van der Waals surface area (Å²) < 4.78 is 76.7. The fourth-order valence-corrected chi connectivity index (χ4v) is 1.72. The third-order valence-electron chi connectivity index (χ3n) is 2.75. The van der Waals surface area contributed by atoms with Gasteiger partial charge in [-0.25, -0.2) is 9.97 Å². The number of rotatable bonds is 2. The van der Waals surface area contributed by atoms with Crippen LogP contribution in [0.4, 0.5) is 26.3 Å². The van der Waals surface area contributed by atoms with Crippen LogP contribution in [0.25, 0.3) is 11.4 Å². The predicted molar refractivity (Wildman–Crippen MR) is 66.0 cm³/mol. The van der Waals surface area contributed by atoms with Gasteiger partial charge in [0.25, 0.3) is 5.91 Å². The molecule has 1 aromatic carbocycles. The van der Waals surface area contributed by atoms with Crippen molar-refractivity contribution in [2.75, 3.05) is 0 Å². The van der Waals surface area contributed by atoms with Crippen LogP contribution < -0.4 is 5.73 Å². The van der Waals surface area contributed by atoms with E-state index in [-0.39, 0.29) is 11.8 Å². The van der Waals surface area contributed by atoms with Gasteiger partial charge in [0.15, 0.2) is 5.82 Å². The molecule has 0 atom stereocenters. The smallest absolute Gasteiger partial charge is 0.364 e. The first kappa shape index (κ1) is 16.7. The van der Waals surface area contributed by atoms with Crippen LogP contribution in [-0.4, -0.2) is 15.9 Å². The molecule has 4 nitrogen and oxygen atoms in total. The van der Waals surface area contributed by atoms with E-state index in [1.165, 1.54) is 0 Å². The summed E-state index contributed by atoms with van der Waals surface area (Å²) in [6.07, 6.45) is -8.97. The number of hydrogen-bond donors (Lipinski definition) is 1. The van der Waals surface area contributed by atoms with E-state index in [4.69, 9.17) is 5.73 Å². The SMILES string of the molecule is NC(=O)c1ccnc(-c2cc(C(F)(F)F)cc(C(F)(F)F)c2)n1. The number of alkyl halides is 6. The molecule has 1 heterocycles.